The molecule has 1 fully saturated rings. The molecule has 0 spiro atoms. The van der Waals surface area contributed by atoms with Gasteiger partial charge in [0.1, 0.15) is 29.5 Å². The summed E-state index contributed by atoms with van der Waals surface area (Å²) in [6, 6.07) is 7.17. The number of rotatable bonds is 4. The molecule has 1 saturated heterocycles. The summed E-state index contributed by atoms with van der Waals surface area (Å²) in [5, 5.41) is 6.12. The van der Waals surface area contributed by atoms with Crippen LogP contribution >= 0.6 is 0 Å². The standard InChI is InChI=1S/C19H13F3N4O3/c1-19(13-8-12(21)6-7-14(13)22)17(27)26(18(28)24-19)9-15-23-16(25-29-15)10-2-4-11(20)5-3-10/h2-8H,9H2,1H3,(H,24,28). The lowest BCUT2D eigenvalue weighted by molar-refractivity contribution is -0.131. The Kier molecular flexibility index (Phi) is 4.33. The van der Waals surface area contributed by atoms with Gasteiger partial charge >= 0.3 is 6.03 Å². The molecule has 0 radical (unpaired) electrons. The van der Waals surface area contributed by atoms with Crippen molar-refractivity contribution in [1.29, 1.82) is 0 Å². The van der Waals surface area contributed by atoms with E-state index in [1.807, 2.05) is 0 Å². The van der Waals surface area contributed by atoms with Crippen LogP contribution in [0.3, 0.4) is 0 Å². The number of hydrogen-bond acceptors (Lipinski definition) is 5. The van der Waals surface area contributed by atoms with Crippen molar-refractivity contribution in [3.05, 3.63) is 71.4 Å². The van der Waals surface area contributed by atoms with Crippen molar-refractivity contribution in [2.24, 2.45) is 0 Å². The fraction of sp³-hybridized carbons (Fsp3) is 0.158. The quantitative estimate of drug-likeness (QED) is 0.678. The molecule has 3 amide bonds. The van der Waals surface area contributed by atoms with Crippen LogP contribution in [0.1, 0.15) is 18.4 Å². The van der Waals surface area contributed by atoms with Gasteiger partial charge in [0.2, 0.25) is 11.7 Å². The minimum Gasteiger partial charge on any atom is -0.337 e. The summed E-state index contributed by atoms with van der Waals surface area (Å²) in [4.78, 5) is 30.0. The maximum atomic E-state index is 14.2. The highest BCUT2D eigenvalue weighted by Crippen LogP contribution is 2.32. The summed E-state index contributed by atoms with van der Waals surface area (Å²) >= 11 is 0. The van der Waals surface area contributed by atoms with Crippen molar-refractivity contribution in [1.82, 2.24) is 20.4 Å². The number of imide groups is 1. The van der Waals surface area contributed by atoms with Crippen LogP contribution in [-0.4, -0.2) is 27.0 Å². The predicted octanol–water partition coefficient (Wildman–Crippen LogP) is 3.12. The monoisotopic (exact) mass is 402 g/mol. The van der Waals surface area contributed by atoms with Gasteiger partial charge in [0.05, 0.1) is 0 Å². The summed E-state index contributed by atoms with van der Waals surface area (Å²) < 4.78 is 45.8. The van der Waals surface area contributed by atoms with Crippen molar-refractivity contribution in [2.75, 3.05) is 0 Å². The first-order valence-corrected chi connectivity index (χ1v) is 8.46. The topological polar surface area (TPSA) is 88.3 Å². The molecule has 1 aromatic heterocycles. The van der Waals surface area contributed by atoms with E-state index < -0.39 is 34.9 Å². The Morgan fingerprint density at radius 1 is 1.07 bits per heavy atom. The molecule has 29 heavy (non-hydrogen) atoms. The molecule has 1 N–H and O–H groups in total. The lowest BCUT2D eigenvalue weighted by atomic mass is 9.91. The van der Waals surface area contributed by atoms with Crippen LogP contribution in [0.4, 0.5) is 18.0 Å². The molecule has 10 heteroatoms. The lowest BCUT2D eigenvalue weighted by Crippen LogP contribution is -2.41. The largest absolute Gasteiger partial charge is 0.337 e. The summed E-state index contributed by atoms with van der Waals surface area (Å²) in [6.07, 6.45) is 0. The molecule has 0 aliphatic carbocycles. The predicted molar refractivity (Wildman–Crippen MR) is 92.5 cm³/mol. The first-order chi connectivity index (χ1) is 13.8. The van der Waals surface area contributed by atoms with Crippen molar-refractivity contribution >= 4 is 11.9 Å². The van der Waals surface area contributed by atoms with E-state index in [2.05, 4.69) is 15.5 Å². The van der Waals surface area contributed by atoms with Crippen LogP contribution in [-0.2, 0) is 16.9 Å². The zero-order chi connectivity index (χ0) is 20.8. The highest BCUT2D eigenvalue weighted by Gasteiger charge is 2.50. The van der Waals surface area contributed by atoms with Gasteiger partial charge in [0.25, 0.3) is 5.91 Å². The van der Waals surface area contributed by atoms with Crippen LogP contribution in [0.2, 0.25) is 0 Å². The number of urea groups is 1. The minimum absolute atomic E-state index is 0.0585. The fourth-order valence-corrected chi connectivity index (χ4v) is 3.07. The zero-order valence-corrected chi connectivity index (χ0v) is 14.9. The van der Waals surface area contributed by atoms with Crippen LogP contribution in [0.5, 0.6) is 0 Å². The van der Waals surface area contributed by atoms with Gasteiger partial charge in [-0.2, -0.15) is 4.98 Å². The first kappa shape index (κ1) is 18.7. The van der Waals surface area contributed by atoms with E-state index in [1.54, 1.807) is 0 Å². The van der Waals surface area contributed by atoms with E-state index in [0.29, 0.717) is 5.56 Å². The Morgan fingerprint density at radius 2 is 1.76 bits per heavy atom. The molecule has 1 aliphatic heterocycles. The summed E-state index contributed by atoms with van der Waals surface area (Å²) in [6.45, 7) is 0.911. The van der Waals surface area contributed by atoms with Crippen molar-refractivity contribution in [3.63, 3.8) is 0 Å². The Morgan fingerprint density at radius 3 is 2.48 bits per heavy atom. The van der Waals surface area contributed by atoms with Gasteiger partial charge in [-0.1, -0.05) is 5.16 Å². The summed E-state index contributed by atoms with van der Waals surface area (Å²) in [5.74, 6) is -2.72. The van der Waals surface area contributed by atoms with E-state index in [4.69, 9.17) is 4.52 Å². The van der Waals surface area contributed by atoms with E-state index >= 15 is 0 Å². The molecule has 2 aromatic carbocycles. The highest BCUT2D eigenvalue weighted by atomic mass is 19.1. The second-order valence-corrected chi connectivity index (χ2v) is 6.59. The minimum atomic E-state index is -1.79. The van der Waals surface area contributed by atoms with Gasteiger partial charge < -0.3 is 9.84 Å². The first-order valence-electron chi connectivity index (χ1n) is 8.46. The number of aromatic nitrogens is 2. The van der Waals surface area contributed by atoms with E-state index in [0.717, 1.165) is 23.1 Å². The molecule has 1 aliphatic rings. The SMILES string of the molecule is CC1(c2cc(F)ccc2F)NC(=O)N(Cc2nc(-c3ccc(F)cc3)no2)C1=O. The number of halogens is 3. The van der Waals surface area contributed by atoms with Crippen molar-refractivity contribution < 1.29 is 27.3 Å². The number of hydrogen-bond donors (Lipinski definition) is 1. The Hall–Kier alpha value is -3.69. The molecule has 3 aromatic rings. The molecule has 1 atom stereocenters. The zero-order valence-electron chi connectivity index (χ0n) is 14.9. The Bertz CT molecular complexity index is 1120. The molecular weight excluding hydrogens is 389 g/mol. The third kappa shape index (κ3) is 3.22. The number of nitrogens with one attached hydrogen (secondary N) is 1. The lowest BCUT2D eigenvalue weighted by Gasteiger charge is -2.22. The van der Waals surface area contributed by atoms with Crippen molar-refractivity contribution in [3.8, 4) is 11.4 Å². The van der Waals surface area contributed by atoms with Gasteiger partial charge in [-0.15, -0.1) is 0 Å². The summed E-state index contributed by atoms with van der Waals surface area (Å²) in [5.41, 5.74) is -1.61. The van der Waals surface area contributed by atoms with Gasteiger partial charge in [-0.05, 0) is 49.4 Å². The van der Waals surface area contributed by atoms with E-state index in [-0.39, 0.29) is 23.8 Å². The van der Waals surface area contributed by atoms with Crippen LogP contribution < -0.4 is 5.32 Å². The molecule has 4 rings (SSSR count). The fourth-order valence-electron chi connectivity index (χ4n) is 3.07. The van der Waals surface area contributed by atoms with Gasteiger partial charge in [0, 0.05) is 11.1 Å². The average molecular weight is 402 g/mol. The summed E-state index contributed by atoms with van der Waals surface area (Å²) in [7, 11) is 0. The average Bonchev–Trinajstić information content (AvgIpc) is 3.24. The molecular formula is C19H13F3N4O3. The molecule has 1 unspecified atom stereocenters. The maximum absolute atomic E-state index is 14.2. The number of carbonyl (C=O) groups excluding carboxylic acids is 2. The third-order valence-corrected chi connectivity index (χ3v) is 4.61. The molecule has 2 heterocycles. The highest BCUT2D eigenvalue weighted by molar-refractivity contribution is 6.07. The number of nitrogens with zero attached hydrogens (tertiary/aromatic N) is 3. The van der Waals surface area contributed by atoms with Gasteiger partial charge in [-0.25, -0.2) is 18.0 Å². The van der Waals surface area contributed by atoms with Crippen molar-refractivity contribution in [2.45, 2.75) is 19.0 Å². The van der Waals surface area contributed by atoms with Crippen LogP contribution in [0, 0.1) is 17.5 Å². The van der Waals surface area contributed by atoms with Crippen LogP contribution in [0.25, 0.3) is 11.4 Å². The van der Waals surface area contributed by atoms with Crippen LogP contribution in [0.15, 0.2) is 47.0 Å². The Labute approximate surface area is 162 Å². The third-order valence-electron chi connectivity index (χ3n) is 4.61. The van der Waals surface area contributed by atoms with Gasteiger partial charge in [0.15, 0.2) is 0 Å². The normalized spacial score (nSPS) is 19.0. The molecule has 148 valence electrons. The smallest absolute Gasteiger partial charge is 0.325 e. The number of amides is 3. The second kappa shape index (κ2) is 6.73. The molecule has 0 bridgehead atoms. The molecule has 7 nitrogen and oxygen atoms in total. The number of benzene rings is 2. The van der Waals surface area contributed by atoms with E-state index in [1.165, 1.54) is 31.2 Å². The Balaban J connectivity index is 1.59. The van der Waals surface area contributed by atoms with Gasteiger partial charge in [-0.3, -0.25) is 9.69 Å². The number of carbonyl (C=O) groups is 2. The second-order valence-electron chi connectivity index (χ2n) is 6.59. The molecule has 0 saturated carbocycles. The maximum Gasteiger partial charge on any atom is 0.325 e. The van der Waals surface area contributed by atoms with E-state index in [9.17, 15) is 22.8 Å².